The summed E-state index contributed by atoms with van der Waals surface area (Å²) in [6.07, 6.45) is 3.79. The standard InChI is InChI=1S/C20H16N6OS/c21-18-17-19(23-11-22-18)26(9-8-13-4-2-1-3-5-13)20(25-17)28-14-6-7-15-16(10-14)27-12-24-15/h1-7,10-12H,8-9H2,(H2,21,22,23). The van der Waals surface area contributed by atoms with Crippen LogP contribution in [0.2, 0.25) is 0 Å². The van der Waals surface area contributed by atoms with Crippen molar-refractivity contribution in [1.29, 1.82) is 0 Å². The number of nitrogens with two attached hydrogens (primary N) is 1. The average molecular weight is 388 g/mol. The molecule has 8 heteroatoms. The summed E-state index contributed by atoms with van der Waals surface area (Å²) in [6, 6.07) is 16.2. The first kappa shape index (κ1) is 16.8. The molecule has 7 nitrogen and oxygen atoms in total. The first-order valence-electron chi connectivity index (χ1n) is 8.80. The van der Waals surface area contributed by atoms with Crippen LogP contribution in [0.1, 0.15) is 5.56 Å². The van der Waals surface area contributed by atoms with Gasteiger partial charge < -0.3 is 14.7 Å². The van der Waals surface area contributed by atoms with E-state index >= 15 is 0 Å². The molecule has 0 atom stereocenters. The molecule has 0 unspecified atom stereocenters. The number of nitrogens with zero attached hydrogens (tertiary/aromatic N) is 5. The highest BCUT2D eigenvalue weighted by molar-refractivity contribution is 7.99. The van der Waals surface area contributed by atoms with E-state index < -0.39 is 0 Å². The number of aromatic nitrogens is 5. The molecule has 5 aromatic rings. The summed E-state index contributed by atoms with van der Waals surface area (Å²) in [5, 5.41) is 0.817. The Morgan fingerprint density at radius 3 is 2.82 bits per heavy atom. The summed E-state index contributed by atoms with van der Waals surface area (Å²) in [4.78, 5) is 18.4. The molecule has 2 aromatic carbocycles. The lowest BCUT2D eigenvalue weighted by Crippen LogP contribution is -2.04. The first-order valence-corrected chi connectivity index (χ1v) is 9.61. The molecule has 0 aliphatic carbocycles. The minimum atomic E-state index is 0.385. The second-order valence-electron chi connectivity index (χ2n) is 6.30. The van der Waals surface area contributed by atoms with Gasteiger partial charge in [-0.25, -0.2) is 19.9 Å². The Kier molecular flexibility index (Phi) is 4.17. The zero-order valence-electron chi connectivity index (χ0n) is 14.8. The van der Waals surface area contributed by atoms with Gasteiger partial charge in [0.05, 0.1) is 0 Å². The van der Waals surface area contributed by atoms with E-state index in [1.807, 2.05) is 36.4 Å². The van der Waals surface area contributed by atoms with Crippen LogP contribution in [-0.4, -0.2) is 24.5 Å². The third-order valence-corrected chi connectivity index (χ3v) is 5.49. The zero-order valence-corrected chi connectivity index (χ0v) is 15.6. The molecule has 0 amide bonds. The van der Waals surface area contributed by atoms with E-state index in [0.717, 1.165) is 39.8 Å². The van der Waals surface area contributed by atoms with E-state index in [-0.39, 0.29) is 0 Å². The zero-order chi connectivity index (χ0) is 18.9. The first-order chi connectivity index (χ1) is 13.8. The van der Waals surface area contributed by atoms with E-state index in [1.54, 1.807) is 11.8 Å². The van der Waals surface area contributed by atoms with Crippen molar-refractivity contribution in [3.05, 3.63) is 66.8 Å². The van der Waals surface area contributed by atoms with Gasteiger partial charge in [-0.1, -0.05) is 42.1 Å². The predicted molar refractivity (Wildman–Crippen MR) is 108 cm³/mol. The molecule has 0 radical (unpaired) electrons. The van der Waals surface area contributed by atoms with Crippen molar-refractivity contribution in [2.75, 3.05) is 5.73 Å². The number of benzene rings is 2. The van der Waals surface area contributed by atoms with E-state index in [1.165, 1.54) is 18.3 Å². The average Bonchev–Trinajstić information content (AvgIpc) is 3.32. The molecule has 0 aliphatic heterocycles. The Hall–Kier alpha value is -3.39. The second kappa shape index (κ2) is 6.97. The molecule has 3 aromatic heterocycles. The SMILES string of the molecule is Nc1ncnc2c1nc(Sc1ccc3ncoc3c1)n2CCc1ccccc1. The number of aryl methyl sites for hydroxylation is 2. The Morgan fingerprint density at radius 2 is 1.93 bits per heavy atom. The Balaban J connectivity index is 1.53. The quantitative estimate of drug-likeness (QED) is 0.487. The fraction of sp³-hybridized carbons (Fsp3) is 0.100. The summed E-state index contributed by atoms with van der Waals surface area (Å²) in [5.74, 6) is 0.385. The van der Waals surface area contributed by atoms with E-state index in [0.29, 0.717) is 11.3 Å². The highest BCUT2D eigenvalue weighted by Gasteiger charge is 2.16. The molecule has 0 saturated heterocycles. The van der Waals surface area contributed by atoms with Crippen LogP contribution in [0.4, 0.5) is 5.82 Å². The van der Waals surface area contributed by atoms with Crippen LogP contribution in [0.3, 0.4) is 0 Å². The molecular weight excluding hydrogens is 372 g/mol. The molecule has 138 valence electrons. The van der Waals surface area contributed by atoms with E-state index in [2.05, 4.69) is 31.7 Å². The molecule has 3 heterocycles. The van der Waals surface area contributed by atoms with Crippen molar-refractivity contribution >= 4 is 39.8 Å². The van der Waals surface area contributed by atoms with Gasteiger partial charge in [-0.05, 0) is 30.2 Å². The van der Waals surface area contributed by atoms with Gasteiger partial charge in [0.1, 0.15) is 11.8 Å². The van der Waals surface area contributed by atoms with Crippen molar-refractivity contribution < 1.29 is 4.42 Å². The fourth-order valence-corrected chi connectivity index (χ4v) is 4.04. The van der Waals surface area contributed by atoms with Crippen LogP contribution in [0, 0.1) is 0 Å². The number of fused-ring (bicyclic) bond motifs is 2. The van der Waals surface area contributed by atoms with Crippen LogP contribution in [0.5, 0.6) is 0 Å². The number of hydrogen-bond acceptors (Lipinski definition) is 7. The third kappa shape index (κ3) is 3.07. The highest BCUT2D eigenvalue weighted by atomic mass is 32.2. The van der Waals surface area contributed by atoms with Gasteiger partial charge in [0.15, 0.2) is 34.1 Å². The smallest absolute Gasteiger partial charge is 0.181 e. The second-order valence-corrected chi connectivity index (χ2v) is 7.34. The molecule has 28 heavy (non-hydrogen) atoms. The van der Waals surface area contributed by atoms with Gasteiger partial charge >= 0.3 is 0 Å². The molecule has 0 spiro atoms. The minimum absolute atomic E-state index is 0.385. The van der Waals surface area contributed by atoms with Gasteiger partial charge in [-0.2, -0.15) is 0 Å². The van der Waals surface area contributed by atoms with Crippen LogP contribution in [-0.2, 0) is 13.0 Å². The number of nitrogen functional groups attached to an aromatic ring is 1. The van der Waals surface area contributed by atoms with Gasteiger partial charge in [-0.15, -0.1) is 0 Å². The molecule has 0 aliphatic rings. The van der Waals surface area contributed by atoms with Crippen LogP contribution in [0.15, 0.2) is 75.7 Å². The molecule has 0 saturated carbocycles. The number of rotatable bonds is 5. The number of hydrogen-bond donors (Lipinski definition) is 1. The summed E-state index contributed by atoms with van der Waals surface area (Å²) < 4.78 is 7.51. The van der Waals surface area contributed by atoms with Crippen molar-refractivity contribution in [3.8, 4) is 0 Å². The summed E-state index contributed by atoms with van der Waals surface area (Å²) in [6.45, 7) is 0.740. The maximum absolute atomic E-state index is 6.04. The molecule has 0 bridgehead atoms. The highest BCUT2D eigenvalue weighted by Crippen LogP contribution is 2.32. The summed E-state index contributed by atoms with van der Waals surface area (Å²) >= 11 is 1.54. The fourth-order valence-electron chi connectivity index (χ4n) is 3.10. The lowest BCUT2D eigenvalue weighted by atomic mass is 10.1. The number of oxazole rings is 1. The Bertz CT molecular complexity index is 1260. The molecule has 0 fully saturated rings. The maximum atomic E-state index is 6.04. The van der Waals surface area contributed by atoms with Crippen molar-refractivity contribution in [2.45, 2.75) is 23.0 Å². The third-order valence-electron chi connectivity index (χ3n) is 4.50. The van der Waals surface area contributed by atoms with Crippen LogP contribution >= 0.6 is 11.8 Å². The summed E-state index contributed by atoms with van der Waals surface area (Å²) in [7, 11) is 0. The van der Waals surface area contributed by atoms with Crippen molar-refractivity contribution in [1.82, 2.24) is 24.5 Å². The van der Waals surface area contributed by atoms with Crippen molar-refractivity contribution in [3.63, 3.8) is 0 Å². The minimum Gasteiger partial charge on any atom is -0.443 e. The Morgan fingerprint density at radius 1 is 1.04 bits per heavy atom. The van der Waals surface area contributed by atoms with Crippen LogP contribution in [0.25, 0.3) is 22.3 Å². The van der Waals surface area contributed by atoms with Crippen molar-refractivity contribution in [2.24, 2.45) is 0 Å². The van der Waals surface area contributed by atoms with Gasteiger partial charge in [0.25, 0.3) is 0 Å². The van der Waals surface area contributed by atoms with E-state index in [9.17, 15) is 0 Å². The molecule has 5 rings (SSSR count). The van der Waals surface area contributed by atoms with Gasteiger partial charge in [0, 0.05) is 11.4 Å². The van der Waals surface area contributed by atoms with E-state index in [4.69, 9.17) is 15.1 Å². The Labute approximate surface area is 164 Å². The predicted octanol–water partition coefficient (Wildman–Crippen LogP) is 3.94. The maximum Gasteiger partial charge on any atom is 0.181 e. The molecular formula is C20H16N6OS. The summed E-state index contributed by atoms with van der Waals surface area (Å²) in [5.41, 5.74) is 10.2. The number of imidazole rings is 1. The number of anilines is 1. The van der Waals surface area contributed by atoms with Gasteiger partial charge in [-0.3, -0.25) is 0 Å². The van der Waals surface area contributed by atoms with Crippen LogP contribution < -0.4 is 5.73 Å². The normalized spacial score (nSPS) is 11.4. The lowest BCUT2D eigenvalue weighted by Gasteiger charge is -2.08. The lowest BCUT2D eigenvalue weighted by molar-refractivity contribution is 0.601. The monoisotopic (exact) mass is 388 g/mol. The largest absolute Gasteiger partial charge is 0.443 e. The van der Waals surface area contributed by atoms with Gasteiger partial charge in [0.2, 0.25) is 0 Å². The topological polar surface area (TPSA) is 95.7 Å². The molecule has 2 N–H and O–H groups in total.